The van der Waals surface area contributed by atoms with E-state index in [0.717, 1.165) is 12.1 Å². The molecule has 15 heavy (non-hydrogen) atoms. The van der Waals surface area contributed by atoms with Gasteiger partial charge in [0, 0.05) is 6.04 Å². The van der Waals surface area contributed by atoms with Gasteiger partial charge in [-0.1, -0.05) is 12.1 Å². The zero-order chi connectivity index (χ0) is 10.8. The van der Waals surface area contributed by atoms with E-state index in [1.807, 2.05) is 0 Å². The molecule has 4 heteroatoms. The Balaban J connectivity index is 2.22. The summed E-state index contributed by atoms with van der Waals surface area (Å²) in [5.74, 6) is -0.934. The quantitative estimate of drug-likeness (QED) is 0.680. The largest absolute Gasteiger partial charge is 0.508 e. The van der Waals surface area contributed by atoms with Gasteiger partial charge in [-0.15, -0.1) is 0 Å². The van der Waals surface area contributed by atoms with Crippen LogP contribution in [0.5, 0.6) is 5.75 Å². The van der Waals surface area contributed by atoms with Crippen LogP contribution in [0.25, 0.3) is 0 Å². The van der Waals surface area contributed by atoms with E-state index in [0.29, 0.717) is 6.42 Å². The molecule has 1 heterocycles. The van der Waals surface area contributed by atoms with E-state index in [2.05, 4.69) is 5.32 Å². The highest BCUT2D eigenvalue weighted by Gasteiger charge is 2.33. The first kappa shape index (κ1) is 9.98. The molecule has 4 nitrogen and oxygen atoms in total. The molecule has 2 rings (SSSR count). The molecule has 0 amide bonds. The van der Waals surface area contributed by atoms with Gasteiger partial charge in [0.1, 0.15) is 5.75 Å². The van der Waals surface area contributed by atoms with Crippen LogP contribution in [0.4, 0.5) is 0 Å². The van der Waals surface area contributed by atoms with Gasteiger partial charge in [0.2, 0.25) is 0 Å². The van der Waals surface area contributed by atoms with Crippen LogP contribution in [0.2, 0.25) is 0 Å². The van der Waals surface area contributed by atoms with E-state index in [1.54, 1.807) is 24.3 Å². The number of carboxylic acids is 1. The van der Waals surface area contributed by atoms with Crippen molar-refractivity contribution in [3.05, 3.63) is 29.8 Å². The number of carbonyl (C=O) groups is 1. The zero-order valence-corrected chi connectivity index (χ0v) is 8.18. The van der Waals surface area contributed by atoms with Crippen LogP contribution in [0.15, 0.2) is 24.3 Å². The van der Waals surface area contributed by atoms with Crippen molar-refractivity contribution in [3.63, 3.8) is 0 Å². The monoisotopic (exact) mass is 207 g/mol. The Bertz CT molecular complexity index is 361. The number of benzene rings is 1. The highest BCUT2D eigenvalue weighted by molar-refractivity contribution is 5.71. The van der Waals surface area contributed by atoms with Gasteiger partial charge >= 0.3 is 5.97 Å². The number of hydrogen-bond donors (Lipinski definition) is 3. The lowest BCUT2D eigenvalue weighted by atomic mass is 9.94. The maximum absolute atomic E-state index is 11.0. The van der Waals surface area contributed by atoms with Gasteiger partial charge in [-0.25, -0.2) is 0 Å². The maximum Gasteiger partial charge on any atom is 0.308 e. The smallest absolute Gasteiger partial charge is 0.308 e. The van der Waals surface area contributed by atoms with E-state index in [9.17, 15) is 4.79 Å². The van der Waals surface area contributed by atoms with Gasteiger partial charge in [0.25, 0.3) is 0 Å². The number of nitrogens with one attached hydrogen (secondary N) is 1. The van der Waals surface area contributed by atoms with Gasteiger partial charge in [0.15, 0.2) is 0 Å². The van der Waals surface area contributed by atoms with Crippen LogP contribution >= 0.6 is 0 Å². The third-order valence-electron chi connectivity index (χ3n) is 2.79. The summed E-state index contributed by atoms with van der Waals surface area (Å²) < 4.78 is 0. The number of aromatic hydroxyl groups is 1. The summed E-state index contributed by atoms with van der Waals surface area (Å²) in [7, 11) is 0. The molecule has 0 aromatic heterocycles. The van der Waals surface area contributed by atoms with Crippen LogP contribution in [0.3, 0.4) is 0 Å². The molecule has 1 fully saturated rings. The van der Waals surface area contributed by atoms with Crippen molar-refractivity contribution >= 4 is 5.97 Å². The van der Waals surface area contributed by atoms with Crippen molar-refractivity contribution in [2.24, 2.45) is 5.92 Å². The molecule has 1 aliphatic rings. The predicted molar refractivity (Wildman–Crippen MR) is 54.6 cm³/mol. The summed E-state index contributed by atoms with van der Waals surface area (Å²) in [4.78, 5) is 11.0. The molecule has 0 bridgehead atoms. The zero-order valence-electron chi connectivity index (χ0n) is 8.18. The number of phenols is 1. The molecular formula is C11H13NO3. The minimum absolute atomic E-state index is 0.136. The average Bonchev–Trinajstić information content (AvgIpc) is 2.67. The lowest BCUT2D eigenvalue weighted by Crippen LogP contribution is -2.23. The number of carboxylic acid groups (broad SMARTS) is 1. The van der Waals surface area contributed by atoms with Gasteiger partial charge < -0.3 is 15.5 Å². The average molecular weight is 207 g/mol. The molecule has 0 spiro atoms. The second-order valence-corrected chi connectivity index (χ2v) is 3.76. The SMILES string of the molecule is O=C(O)[C@@H]1CCN[C@H]1c1ccc(O)cc1. The fourth-order valence-electron chi connectivity index (χ4n) is 2.00. The summed E-state index contributed by atoms with van der Waals surface area (Å²) in [6.45, 7) is 0.725. The predicted octanol–water partition coefficient (Wildman–Crippen LogP) is 1.13. The second kappa shape index (κ2) is 3.90. The van der Waals surface area contributed by atoms with Crippen LogP contribution in [0.1, 0.15) is 18.0 Å². The molecule has 1 aliphatic heterocycles. The van der Waals surface area contributed by atoms with Crippen molar-refractivity contribution in [2.45, 2.75) is 12.5 Å². The summed E-state index contributed by atoms with van der Waals surface area (Å²) in [6, 6.07) is 6.54. The van der Waals surface area contributed by atoms with Gasteiger partial charge in [-0.3, -0.25) is 4.79 Å². The molecule has 1 aromatic carbocycles. The third kappa shape index (κ3) is 1.94. The molecule has 0 saturated carbocycles. The van der Waals surface area contributed by atoms with E-state index >= 15 is 0 Å². The standard InChI is InChI=1S/C11H13NO3/c13-8-3-1-7(2-4-8)10-9(11(14)15)5-6-12-10/h1-4,9-10,12-13H,5-6H2,(H,14,15)/t9-,10+/m1/s1. The van der Waals surface area contributed by atoms with Crippen LogP contribution < -0.4 is 5.32 Å². The third-order valence-corrected chi connectivity index (χ3v) is 2.79. The lowest BCUT2D eigenvalue weighted by molar-refractivity contribution is -0.142. The fourth-order valence-corrected chi connectivity index (χ4v) is 2.00. The van der Waals surface area contributed by atoms with E-state index in [1.165, 1.54) is 0 Å². The fraction of sp³-hybridized carbons (Fsp3) is 0.364. The molecule has 0 unspecified atom stereocenters. The lowest BCUT2D eigenvalue weighted by Gasteiger charge is -2.16. The number of phenolic OH excluding ortho intramolecular Hbond substituents is 1. The first-order valence-electron chi connectivity index (χ1n) is 4.93. The number of rotatable bonds is 2. The summed E-state index contributed by atoms with van der Waals surface area (Å²) in [5.41, 5.74) is 0.915. The van der Waals surface area contributed by atoms with Crippen molar-refractivity contribution in [1.29, 1.82) is 0 Å². The number of aliphatic carboxylic acids is 1. The topological polar surface area (TPSA) is 69.6 Å². The van der Waals surface area contributed by atoms with E-state index < -0.39 is 5.97 Å². The Labute approximate surface area is 87.6 Å². The first-order valence-corrected chi connectivity index (χ1v) is 4.93. The summed E-state index contributed by atoms with van der Waals surface area (Å²) >= 11 is 0. The highest BCUT2D eigenvalue weighted by Crippen LogP contribution is 2.30. The van der Waals surface area contributed by atoms with Crippen molar-refractivity contribution in [2.75, 3.05) is 6.54 Å². The number of hydrogen-bond acceptors (Lipinski definition) is 3. The van der Waals surface area contributed by atoms with E-state index in [4.69, 9.17) is 10.2 Å². The molecule has 1 aromatic rings. The molecule has 0 aliphatic carbocycles. The molecule has 0 radical (unpaired) electrons. The Morgan fingerprint density at radius 1 is 1.33 bits per heavy atom. The normalized spacial score (nSPS) is 25.3. The molecule has 1 saturated heterocycles. The van der Waals surface area contributed by atoms with Gasteiger partial charge in [-0.05, 0) is 30.7 Å². The van der Waals surface area contributed by atoms with Gasteiger partial charge in [-0.2, -0.15) is 0 Å². The Morgan fingerprint density at radius 3 is 2.60 bits per heavy atom. The highest BCUT2D eigenvalue weighted by atomic mass is 16.4. The summed E-state index contributed by atoms with van der Waals surface area (Å²) in [5, 5.41) is 21.3. The summed E-state index contributed by atoms with van der Waals surface area (Å²) in [6.07, 6.45) is 0.654. The molecule has 2 atom stereocenters. The first-order chi connectivity index (χ1) is 7.18. The van der Waals surface area contributed by atoms with Crippen LogP contribution in [-0.2, 0) is 4.79 Å². The van der Waals surface area contributed by atoms with Crippen LogP contribution in [0, 0.1) is 5.92 Å². The minimum atomic E-state index is -0.766. The Kier molecular flexibility index (Phi) is 2.60. The van der Waals surface area contributed by atoms with Crippen molar-refractivity contribution < 1.29 is 15.0 Å². The van der Waals surface area contributed by atoms with Crippen LogP contribution in [-0.4, -0.2) is 22.7 Å². The van der Waals surface area contributed by atoms with Crippen molar-refractivity contribution in [3.8, 4) is 5.75 Å². The minimum Gasteiger partial charge on any atom is -0.508 e. The molecule has 3 N–H and O–H groups in total. The molecular weight excluding hydrogens is 194 g/mol. The second-order valence-electron chi connectivity index (χ2n) is 3.76. The Hall–Kier alpha value is -1.55. The maximum atomic E-state index is 11.0. The molecule has 80 valence electrons. The van der Waals surface area contributed by atoms with Crippen molar-refractivity contribution in [1.82, 2.24) is 5.32 Å². The van der Waals surface area contributed by atoms with E-state index in [-0.39, 0.29) is 17.7 Å². The Morgan fingerprint density at radius 2 is 2.00 bits per heavy atom. The van der Waals surface area contributed by atoms with Gasteiger partial charge in [0.05, 0.1) is 5.92 Å².